The Balaban J connectivity index is 1.94. The molecule has 3 atom stereocenters. The summed E-state index contributed by atoms with van der Waals surface area (Å²) in [4.78, 5) is 11.7. The van der Waals surface area contributed by atoms with E-state index in [1.807, 2.05) is 6.92 Å². The van der Waals surface area contributed by atoms with Gasteiger partial charge in [0.15, 0.2) is 0 Å². The molecule has 0 amide bonds. The molecule has 0 radical (unpaired) electrons. The van der Waals surface area contributed by atoms with Crippen LogP contribution in [-0.4, -0.2) is 37.9 Å². The predicted molar refractivity (Wildman–Crippen MR) is 55.5 cm³/mol. The molecule has 15 heavy (non-hydrogen) atoms. The SMILES string of the molecule is CCOC(=O)C1NCCC1C1CCCO1. The third kappa shape index (κ3) is 2.32. The summed E-state index contributed by atoms with van der Waals surface area (Å²) in [6.07, 6.45) is 3.49. The topological polar surface area (TPSA) is 47.6 Å². The third-order valence-corrected chi connectivity index (χ3v) is 3.25. The molecule has 0 saturated carbocycles. The molecule has 4 heteroatoms. The van der Waals surface area contributed by atoms with Crippen molar-refractivity contribution in [2.75, 3.05) is 19.8 Å². The van der Waals surface area contributed by atoms with Gasteiger partial charge in [0.2, 0.25) is 0 Å². The Hall–Kier alpha value is -0.610. The first-order chi connectivity index (χ1) is 7.33. The molecule has 0 bridgehead atoms. The number of carbonyl (C=O) groups is 1. The van der Waals surface area contributed by atoms with E-state index in [4.69, 9.17) is 9.47 Å². The maximum atomic E-state index is 11.7. The Kier molecular flexibility index (Phi) is 3.59. The van der Waals surface area contributed by atoms with Gasteiger partial charge in [-0.15, -0.1) is 0 Å². The summed E-state index contributed by atoms with van der Waals surface area (Å²) in [5.74, 6) is 0.196. The summed E-state index contributed by atoms with van der Waals surface area (Å²) in [6, 6.07) is -0.145. The van der Waals surface area contributed by atoms with Crippen molar-refractivity contribution in [1.82, 2.24) is 5.32 Å². The van der Waals surface area contributed by atoms with Gasteiger partial charge in [-0.3, -0.25) is 4.79 Å². The average molecular weight is 213 g/mol. The molecular formula is C11H19NO3. The molecule has 0 aliphatic carbocycles. The number of esters is 1. The highest BCUT2D eigenvalue weighted by Crippen LogP contribution is 2.29. The molecule has 0 aromatic carbocycles. The van der Waals surface area contributed by atoms with Gasteiger partial charge < -0.3 is 14.8 Å². The first kappa shape index (κ1) is 10.9. The van der Waals surface area contributed by atoms with E-state index in [1.54, 1.807) is 0 Å². The van der Waals surface area contributed by atoms with E-state index in [2.05, 4.69) is 5.32 Å². The van der Waals surface area contributed by atoms with Crippen molar-refractivity contribution in [2.24, 2.45) is 5.92 Å². The van der Waals surface area contributed by atoms with Crippen molar-refractivity contribution >= 4 is 5.97 Å². The van der Waals surface area contributed by atoms with Crippen LogP contribution < -0.4 is 5.32 Å². The smallest absolute Gasteiger partial charge is 0.323 e. The van der Waals surface area contributed by atoms with E-state index in [0.717, 1.165) is 32.4 Å². The predicted octanol–water partition coefficient (Wildman–Crippen LogP) is 0.707. The van der Waals surface area contributed by atoms with Crippen LogP contribution in [-0.2, 0) is 14.3 Å². The first-order valence-electron chi connectivity index (χ1n) is 5.84. The Bertz CT molecular complexity index is 226. The molecule has 86 valence electrons. The lowest BCUT2D eigenvalue weighted by atomic mass is 9.92. The first-order valence-corrected chi connectivity index (χ1v) is 5.84. The molecule has 2 aliphatic rings. The van der Waals surface area contributed by atoms with Crippen LogP contribution in [0.1, 0.15) is 26.2 Å². The minimum absolute atomic E-state index is 0.115. The molecule has 2 rings (SSSR count). The Labute approximate surface area is 90.3 Å². The lowest BCUT2D eigenvalue weighted by Gasteiger charge is -2.22. The molecule has 0 spiro atoms. The second kappa shape index (κ2) is 4.94. The molecular weight excluding hydrogens is 194 g/mol. The Morgan fingerprint density at radius 2 is 2.40 bits per heavy atom. The summed E-state index contributed by atoms with van der Waals surface area (Å²) in [5.41, 5.74) is 0. The standard InChI is InChI=1S/C11H19NO3/c1-2-14-11(13)10-8(5-6-12-10)9-4-3-7-15-9/h8-10,12H,2-7H2,1H3. The third-order valence-electron chi connectivity index (χ3n) is 3.25. The molecule has 2 fully saturated rings. The van der Waals surface area contributed by atoms with Crippen molar-refractivity contribution < 1.29 is 14.3 Å². The van der Waals surface area contributed by atoms with Gasteiger partial charge >= 0.3 is 5.97 Å². The van der Waals surface area contributed by atoms with E-state index < -0.39 is 0 Å². The molecule has 3 unspecified atom stereocenters. The van der Waals surface area contributed by atoms with E-state index >= 15 is 0 Å². The van der Waals surface area contributed by atoms with Crippen LogP contribution in [0.3, 0.4) is 0 Å². The van der Waals surface area contributed by atoms with Crippen molar-refractivity contribution in [3.8, 4) is 0 Å². The van der Waals surface area contributed by atoms with E-state index in [1.165, 1.54) is 0 Å². The number of hydrogen-bond acceptors (Lipinski definition) is 4. The highest BCUT2D eigenvalue weighted by molar-refractivity contribution is 5.76. The quantitative estimate of drug-likeness (QED) is 0.701. The fourth-order valence-corrected chi connectivity index (χ4v) is 2.55. The summed E-state index contributed by atoms with van der Waals surface area (Å²) in [6.45, 7) is 4.04. The minimum Gasteiger partial charge on any atom is -0.465 e. The normalized spacial score (nSPS) is 35.7. The maximum Gasteiger partial charge on any atom is 0.323 e. The van der Waals surface area contributed by atoms with Gasteiger partial charge in [-0.1, -0.05) is 0 Å². The van der Waals surface area contributed by atoms with Gasteiger partial charge in [0.1, 0.15) is 6.04 Å². The summed E-state index contributed by atoms with van der Waals surface area (Å²) in [5, 5.41) is 3.21. The van der Waals surface area contributed by atoms with Gasteiger partial charge in [0.25, 0.3) is 0 Å². The van der Waals surface area contributed by atoms with Gasteiger partial charge in [-0.2, -0.15) is 0 Å². The molecule has 0 aromatic heterocycles. The number of ether oxygens (including phenoxy) is 2. The number of nitrogens with one attached hydrogen (secondary N) is 1. The van der Waals surface area contributed by atoms with Gasteiger partial charge in [-0.05, 0) is 32.7 Å². The zero-order valence-electron chi connectivity index (χ0n) is 9.20. The van der Waals surface area contributed by atoms with Crippen molar-refractivity contribution in [3.05, 3.63) is 0 Å². The lowest BCUT2D eigenvalue weighted by Crippen LogP contribution is -2.41. The molecule has 0 aromatic rings. The van der Waals surface area contributed by atoms with Crippen LogP contribution in [0.5, 0.6) is 0 Å². The maximum absolute atomic E-state index is 11.7. The summed E-state index contributed by atoms with van der Waals surface area (Å²) in [7, 11) is 0. The van der Waals surface area contributed by atoms with Crippen LogP contribution in [0.25, 0.3) is 0 Å². The van der Waals surface area contributed by atoms with Crippen LogP contribution in [0.15, 0.2) is 0 Å². The largest absolute Gasteiger partial charge is 0.465 e. The van der Waals surface area contributed by atoms with Crippen LogP contribution in [0, 0.1) is 5.92 Å². The van der Waals surface area contributed by atoms with Crippen molar-refractivity contribution in [2.45, 2.75) is 38.3 Å². The van der Waals surface area contributed by atoms with Crippen molar-refractivity contribution in [3.63, 3.8) is 0 Å². The Morgan fingerprint density at radius 1 is 1.53 bits per heavy atom. The van der Waals surface area contributed by atoms with Gasteiger partial charge in [0, 0.05) is 12.5 Å². The van der Waals surface area contributed by atoms with Crippen LogP contribution >= 0.6 is 0 Å². The second-order valence-corrected chi connectivity index (χ2v) is 4.19. The second-order valence-electron chi connectivity index (χ2n) is 4.19. The molecule has 2 saturated heterocycles. The molecule has 2 aliphatic heterocycles. The summed E-state index contributed by atoms with van der Waals surface area (Å²) < 4.78 is 10.7. The highest BCUT2D eigenvalue weighted by Gasteiger charge is 2.40. The fourth-order valence-electron chi connectivity index (χ4n) is 2.55. The average Bonchev–Trinajstić information content (AvgIpc) is 2.88. The van der Waals surface area contributed by atoms with E-state index in [0.29, 0.717) is 12.5 Å². The van der Waals surface area contributed by atoms with Crippen LogP contribution in [0.2, 0.25) is 0 Å². The number of carbonyl (C=O) groups excluding carboxylic acids is 1. The molecule has 4 nitrogen and oxygen atoms in total. The number of rotatable bonds is 3. The highest BCUT2D eigenvalue weighted by atomic mass is 16.5. The molecule has 1 N–H and O–H groups in total. The lowest BCUT2D eigenvalue weighted by molar-refractivity contribution is -0.147. The minimum atomic E-state index is -0.145. The van der Waals surface area contributed by atoms with Crippen molar-refractivity contribution in [1.29, 1.82) is 0 Å². The zero-order valence-corrected chi connectivity index (χ0v) is 9.20. The van der Waals surface area contributed by atoms with Gasteiger partial charge in [0.05, 0.1) is 12.7 Å². The fraction of sp³-hybridized carbons (Fsp3) is 0.909. The summed E-state index contributed by atoms with van der Waals surface area (Å²) >= 11 is 0. The van der Waals surface area contributed by atoms with Crippen LogP contribution in [0.4, 0.5) is 0 Å². The van der Waals surface area contributed by atoms with E-state index in [9.17, 15) is 4.79 Å². The number of hydrogen-bond donors (Lipinski definition) is 1. The monoisotopic (exact) mass is 213 g/mol. The Morgan fingerprint density at radius 3 is 3.07 bits per heavy atom. The molecule has 2 heterocycles. The van der Waals surface area contributed by atoms with Gasteiger partial charge in [-0.25, -0.2) is 0 Å². The van der Waals surface area contributed by atoms with E-state index in [-0.39, 0.29) is 18.1 Å². The zero-order chi connectivity index (χ0) is 10.7.